The van der Waals surface area contributed by atoms with Crippen molar-refractivity contribution >= 4 is 16.7 Å². The van der Waals surface area contributed by atoms with Gasteiger partial charge in [-0.3, -0.25) is 0 Å². The van der Waals surface area contributed by atoms with Gasteiger partial charge in [-0.1, -0.05) is 0 Å². The number of nitrogens with two attached hydrogens (primary N) is 1. The predicted octanol–water partition coefficient (Wildman–Crippen LogP) is 2.73. The SMILES string of the molecule is COc1ccc2c(C)cc(N3C[C@H](C4CC4)[C@@H](N)C3)nc2c1. The molecule has 1 aromatic carbocycles. The lowest BCUT2D eigenvalue weighted by Gasteiger charge is -2.19. The Hall–Kier alpha value is -1.81. The van der Waals surface area contributed by atoms with E-state index in [1.165, 1.54) is 23.8 Å². The number of pyridine rings is 1. The van der Waals surface area contributed by atoms with Gasteiger partial charge >= 0.3 is 0 Å². The molecule has 0 unspecified atom stereocenters. The third-order valence-electron chi connectivity index (χ3n) is 5.17. The zero-order valence-electron chi connectivity index (χ0n) is 13.2. The molecule has 0 radical (unpaired) electrons. The smallest absolute Gasteiger partial charge is 0.129 e. The number of anilines is 1. The second-order valence-electron chi connectivity index (χ2n) is 6.75. The minimum absolute atomic E-state index is 0.288. The average molecular weight is 297 g/mol. The summed E-state index contributed by atoms with van der Waals surface area (Å²) in [5.41, 5.74) is 8.61. The molecule has 0 amide bonds. The second-order valence-corrected chi connectivity index (χ2v) is 6.75. The molecule has 116 valence electrons. The third kappa shape index (κ3) is 2.31. The molecule has 1 saturated carbocycles. The van der Waals surface area contributed by atoms with Crippen LogP contribution in [0.3, 0.4) is 0 Å². The van der Waals surface area contributed by atoms with Crippen LogP contribution in [0.5, 0.6) is 5.75 Å². The van der Waals surface area contributed by atoms with E-state index < -0.39 is 0 Å². The molecule has 2 aromatic rings. The highest BCUT2D eigenvalue weighted by molar-refractivity contribution is 5.85. The summed E-state index contributed by atoms with van der Waals surface area (Å²) in [5.74, 6) is 3.40. The fourth-order valence-corrected chi connectivity index (χ4v) is 3.72. The lowest BCUT2D eigenvalue weighted by atomic mass is 9.99. The molecule has 2 N–H and O–H groups in total. The molecular formula is C18H23N3O. The summed E-state index contributed by atoms with van der Waals surface area (Å²) in [6, 6.07) is 8.57. The fourth-order valence-electron chi connectivity index (χ4n) is 3.72. The van der Waals surface area contributed by atoms with Crippen LogP contribution in [-0.4, -0.2) is 31.2 Å². The van der Waals surface area contributed by atoms with E-state index in [2.05, 4.69) is 24.0 Å². The van der Waals surface area contributed by atoms with Crippen molar-refractivity contribution in [1.82, 2.24) is 4.98 Å². The van der Waals surface area contributed by atoms with Crippen molar-refractivity contribution in [1.29, 1.82) is 0 Å². The van der Waals surface area contributed by atoms with Gasteiger partial charge in [0, 0.05) is 30.6 Å². The van der Waals surface area contributed by atoms with Gasteiger partial charge in [0.05, 0.1) is 12.6 Å². The summed E-state index contributed by atoms with van der Waals surface area (Å²) < 4.78 is 5.33. The van der Waals surface area contributed by atoms with Gasteiger partial charge in [-0.05, 0) is 55.4 Å². The summed E-state index contributed by atoms with van der Waals surface area (Å²) in [6.45, 7) is 4.12. The highest BCUT2D eigenvalue weighted by Crippen LogP contribution is 2.41. The molecule has 2 aliphatic rings. The predicted molar refractivity (Wildman–Crippen MR) is 89.4 cm³/mol. The number of ether oxygens (including phenoxy) is 1. The Bertz CT molecular complexity index is 711. The average Bonchev–Trinajstić information content (AvgIpc) is 3.29. The lowest BCUT2D eigenvalue weighted by Crippen LogP contribution is -2.30. The summed E-state index contributed by atoms with van der Waals surface area (Å²) >= 11 is 0. The van der Waals surface area contributed by atoms with Gasteiger partial charge in [0.25, 0.3) is 0 Å². The van der Waals surface area contributed by atoms with Gasteiger partial charge in [0.1, 0.15) is 11.6 Å². The van der Waals surface area contributed by atoms with Gasteiger partial charge in [-0.2, -0.15) is 0 Å². The molecule has 2 fully saturated rings. The molecule has 2 heterocycles. The molecule has 1 aliphatic carbocycles. The molecule has 4 rings (SSSR count). The Morgan fingerprint density at radius 3 is 2.77 bits per heavy atom. The molecule has 1 aromatic heterocycles. The van der Waals surface area contributed by atoms with Crippen LogP contribution in [0.4, 0.5) is 5.82 Å². The Kier molecular flexibility index (Phi) is 3.22. The van der Waals surface area contributed by atoms with Gasteiger partial charge in [0.15, 0.2) is 0 Å². The molecule has 0 spiro atoms. The maximum absolute atomic E-state index is 6.35. The number of rotatable bonds is 3. The molecular weight excluding hydrogens is 274 g/mol. The van der Waals surface area contributed by atoms with Crippen molar-refractivity contribution in [3.63, 3.8) is 0 Å². The van der Waals surface area contributed by atoms with Crippen LogP contribution in [0.15, 0.2) is 24.3 Å². The summed E-state index contributed by atoms with van der Waals surface area (Å²) in [7, 11) is 1.69. The first kappa shape index (κ1) is 13.8. The maximum atomic E-state index is 6.35. The van der Waals surface area contributed by atoms with Gasteiger partial charge < -0.3 is 15.4 Å². The van der Waals surface area contributed by atoms with E-state index >= 15 is 0 Å². The standard InChI is InChI=1S/C18H23N3O/c1-11-7-18(20-17-8-13(22-2)5-6-14(11)17)21-9-15(12-3-4-12)16(19)10-21/h5-8,12,15-16H,3-4,9-10,19H2,1-2H3/t15-,16+/m1/s1. The van der Waals surface area contributed by atoms with Crippen LogP contribution in [0.25, 0.3) is 10.9 Å². The first-order valence-electron chi connectivity index (χ1n) is 8.11. The van der Waals surface area contributed by atoms with Crippen LogP contribution < -0.4 is 15.4 Å². The van der Waals surface area contributed by atoms with Crippen molar-refractivity contribution in [2.75, 3.05) is 25.1 Å². The monoisotopic (exact) mass is 297 g/mol. The van der Waals surface area contributed by atoms with Crippen LogP contribution in [0.1, 0.15) is 18.4 Å². The number of methoxy groups -OCH3 is 1. The minimum Gasteiger partial charge on any atom is -0.497 e. The van der Waals surface area contributed by atoms with Crippen molar-refractivity contribution in [3.05, 3.63) is 29.8 Å². The van der Waals surface area contributed by atoms with Crippen LogP contribution >= 0.6 is 0 Å². The zero-order valence-corrected chi connectivity index (χ0v) is 13.2. The van der Waals surface area contributed by atoms with E-state index in [1.54, 1.807) is 7.11 Å². The van der Waals surface area contributed by atoms with Crippen LogP contribution in [-0.2, 0) is 0 Å². The van der Waals surface area contributed by atoms with Crippen molar-refractivity contribution in [2.24, 2.45) is 17.6 Å². The normalized spacial score (nSPS) is 25.0. The first-order valence-corrected chi connectivity index (χ1v) is 8.11. The quantitative estimate of drug-likeness (QED) is 0.946. The second kappa shape index (κ2) is 5.13. The molecule has 1 saturated heterocycles. The van der Waals surface area contributed by atoms with Crippen LogP contribution in [0.2, 0.25) is 0 Å². The van der Waals surface area contributed by atoms with E-state index in [4.69, 9.17) is 15.5 Å². The number of nitrogens with zero attached hydrogens (tertiary/aromatic N) is 2. The summed E-state index contributed by atoms with van der Waals surface area (Å²) in [6.07, 6.45) is 2.71. The van der Waals surface area contributed by atoms with Crippen molar-refractivity contribution in [3.8, 4) is 5.75 Å². The van der Waals surface area contributed by atoms with E-state index in [9.17, 15) is 0 Å². The van der Waals surface area contributed by atoms with E-state index in [-0.39, 0.29) is 6.04 Å². The summed E-state index contributed by atoms with van der Waals surface area (Å²) in [4.78, 5) is 7.23. The maximum Gasteiger partial charge on any atom is 0.129 e. The van der Waals surface area contributed by atoms with Gasteiger partial charge in [-0.25, -0.2) is 4.98 Å². The lowest BCUT2D eigenvalue weighted by molar-refractivity contribution is 0.415. The van der Waals surface area contributed by atoms with E-state index in [1.807, 2.05) is 12.1 Å². The van der Waals surface area contributed by atoms with Gasteiger partial charge in [-0.15, -0.1) is 0 Å². The highest BCUT2D eigenvalue weighted by atomic mass is 16.5. The molecule has 2 atom stereocenters. The molecule has 22 heavy (non-hydrogen) atoms. The van der Waals surface area contributed by atoms with Crippen LogP contribution in [0, 0.1) is 18.8 Å². The number of fused-ring (bicyclic) bond motifs is 1. The molecule has 4 heteroatoms. The van der Waals surface area contributed by atoms with E-state index in [0.717, 1.165) is 36.1 Å². The third-order valence-corrected chi connectivity index (χ3v) is 5.17. The molecule has 4 nitrogen and oxygen atoms in total. The van der Waals surface area contributed by atoms with E-state index in [0.29, 0.717) is 5.92 Å². The Labute approximate surface area is 131 Å². The van der Waals surface area contributed by atoms with Crippen molar-refractivity contribution in [2.45, 2.75) is 25.8 Å². The number of benzene rings is 1. The highest BCUT2D eigenvalue weighted by Gasteiger charge is 2.41. The number of aryl methyl sites for hydroxylation is 1. The summed E-state index contributed by atoms with van der Waals surface area (Å²) in [5, 5.41) is 1.19. The zero-order chi connectivity index (χ0) is 15.3. The Balaban J connectivity index is 1.69. The largest absolute Gasteiger partial charge is 0.497 e. The topological polar surface area (TPSA) is 51.4 Å². The number of hydrogen-bond acceptors (Lipinski definition) is 4. The minimum atomic E-state index is 0.288. The molecule has 1 aliphatic heterocycles. The Morgan fingerprint density at radius 1 is 1.23 bits per heavy atom. The Morgan fingerprint density at radius 2 is 2.05 bits per heavy atom. The number of aromatic nitrogens is 1. The fraction of sp³-hybridized carbons (Fsp3) is 0.500. The first-order chi connectivity index (χ1) is 10.7. The molecule has 0 bridgehead atoms. The van der Waals surface area contributed by atoms with Gasteiger partial charge in [0.2, 0.25) is 0 Å². The van der Waals surface area contributed by atoms with Crippen molar-refractivity contribution < 1.29 is 4.74 Å². The number of hydrogen-bond donors (Lipinski definition) is 1.